The van der Waals surface area contributed by atoms with E-state index in [-0.39, 0.29) is 101 Å². The smallest absolute Gasteiger partial charge is 0.336 e. The maximum Gasteiger partial charge on any atom is 0.336 e. The van der Waals surface area contributed by atoms with E-state index >= 15 is 26.3 Å². The summed E-state index contributed by atoms with van der Waals surface area (Å²) in [6.07, 6.45) is 1.34. The molecule has 0 amide bonds. The van der Waals surface area contributed by atoms with Crippen LogP contribution in [0.3, 0.4) is 0 Å². The first-order valence-electron chi connectivity index (χ1n) is 29.7. The number of alkyl halides is 6. The Morgan fingerprint density at radius 3 is 1.03 bits per heavy atom. The first kappa shape index (κ1) is 71.9. The van der Waals surface area contributed by atoms with Gasteiger partial charge in [-0.2, -0.15) is 0 Å². The van der Waals surface area contributed by atoms with Gasteiger partial charge in [-0.1, -0.05) is 74.6 Å². The summed E-state index contributed by atoms with van der Waals surface area (Å²) in [6, 6.07) is 0. The van der Waals surface area contributed by atoms with Crippen LogP contribution in [0.15, 0.2) is 71.4 Å². The van der Waals surface area contributed by atoms with Gasteiger partial charge in [-0.25, -0.2) is 31.1 Å². The fourth-order valence-electron chi connectivity index (χ4n) is 21.2. The molecule has 27 atom stereocenters. The molecule has 8 N–H and O–H groups in total. The van der Waals surface area contributed by atoms with E-state index in [1.54, 1.807) is 41.5 Å². The molecule has 14 nitrogen and oxygen atoms in total. The van der Waals surface area contributed by atoms with Crippen molar-refractivity contribution >= 4 is 46.8 Å². The van der Waals surface area contributed by atoms with Gasteiger partial charge >= 0.3 is 5.97 Å². The van der Waals surface area contributed by atoms with Gasteiger partial charge in [-0.15, -0.1) is 12.6 Å². The van der Waals surface area contributed by atoms with Crippen LogP contribution < -0.4 is 0 Å². The predicted molar refractivity (Wildman–Crippen MR) is 312 cm³/mol. The average Bonchev–Trinajstić information content (AvgIpc) is 1.30. The van der Waals surface area contributed by atoms with Crippen molar-refractivity contribution in [2.24, 2.45) is 85.8 Å². The summed E-state index contributed by atoms with van der Waals surface area (Å²) in [7, 11) is 0. The molecule has 22 heteroatoms. The molecule has 9 fully saturated rings. The van der Waals surface area contributed by atoms with Gasteiger partial charge in [-0.05, 0) is 167 Å². The van der Waals surface area contributed by atoms with Crippen LogP contribution >= 0.6 is 12.6 Å². The van der Waals surface area contributed by atoms with E-state index in [0.717, 1.165) is 18.2 Å². The molecule has 12 aliphatic carbocycles. The summed E-state index contributed by atoms with van der Waals surface area (Å²) in [5, 5.41) is 85.3. The van der Waals surface area contributed by atoms with Gasteiger partial charge in [0.2, 0.25) is 5.12 Å². The number of rotatable bonds is 4. The molecule has 0 saturated heterocycles. The standard InChI is InChI=1S/C22H28F2O5.C21H26F2O5.C21H26F2O4S.2CH4.V/c1-11-6-13-14-8-16(23)15-7-12(26)4-5-19(15,2)21(14,24)17(27)9-20(13,3)22(11,29)18(28)10-25;1-10-6-12-13-8-15(22)14-7-11(24)4-5-18(14,2)20(13,23)16(25)9-19(12,3)21(10,28)17(26)27;1-10-6-12-13-8-15(22)14-7-11(24)4-5-18(14,2)20(13,23)16(25)9-19(12,3)21(10,27)17(26)28;;;/h4-5,7,11,13-14,16-17,25,27,29H,6,8-10H2,1-3H3;4-5,7,10,12-13,15-16,25,28H,6,8-9H2,1-3H3,(H,26,27);4-5,7,10,12-13,15-16,25,27H,6,8-9H2,1-3H3,(H,26,28);2*1H4;/t11-,13?,14?,16+,17+,19+,20+,21+,22+;2*10-,12?,13?,15+,16+,18+,19+,20+,21+;;;/m111.../s1. The second kappa shape index (κ2) is 22.3. The molecule has 489 valence electrons. The van der Waals surface area contributed by atoms with Crippen LogP contribution in [0.4, 0.5) is 26.3 Å². The van der Waals surface area contributed by atoms with Crippen molar-refractivity contribution in [3.05, 3.63) is 71.4 Å². The Hall–Kier alpha value is -3.51. The number of hydrogen-bond acceptors (Lipinski definition) is 13. The molecule has 0 aliphatic heterocycles. The number of aliphatic hydroxyl groups excluding tert-OH is 4. The number of halogens is 6. The van der Waals surface area contributed by atoms with Gasteiger partial charge in [0.05, 0.1) is 18.3 Å². The van der Waals surface area contributed by atoms with Gasteiger partial charge in [0.1, 0.15) is 36.3 Å². The summed E-state index contributed by atoms with van der Waals surface area (Å²) < 4.78 is 96.0. The van der Waals surface area contributed by atoms with Crippen molar-refractivity contribution in [1.29, 1.82) is 0 Å². The minimum atomic E-state index is -2.26. The van der Waals surface area contributed by atoms with Crippen LogP contribution in [0.2, 0.25) is 0 Å². The fraction of sp³-hybridized carbons (Fsp3) is 0.727. The maximum atomic E-state index is 16.9. The third-order valence-corrected chi connectivity index (χ3v) is 26.2. The number of carboxylic acid groups (broad SMARTS) is 1. The van der Waals surface area contributed by atoms with Crippen LogP contribution in [0.25, 0.3) is 0 Å². The molecule has 1 radical (unpaired) electrons. The minimum Gasteiger partial charge on any atom is -0.479 e. The molecular formula is C66H88F6O14SV. The molecular weight excluding hydrogens is 1210 g/mol. The zero-order valence-electron chi connectivity index (χ0n) is 49.6. The number of ketones is 4. The van der Waals surface area contributed by atoms with E-state index < -0.39 is 197 Å². The van der Waals surface area contributed by atoms with Crippen LogP contribution in [0.5, 0.6) is 0 Å². The monoisotopic (exact) mass is 1300 g/mol. The van der Waals surface area contributed by atoms with Crippen molar-refractivity contribution in [3.63, 3.8) is 0 Å². The van der Waals surface area contributed by atoms with Gasteiger partial charge in [-0.3, -0.25) is 24.0 Å². The van der Waals surface area contributed by atoms with Crippen molar-refractivity contribution in [2.45, 2.75) is 206 Å². The van der Waals surface area contributed by atoms with Crippen LogP contribution in [0.1, 0.15) is 135 Å². The molecule has 0 aromatic rings. The Morgan fingerprint density at radius 2 is 0.761 bits per heavy atom. The fourth-order valence-corrected chi connectivity index (χ4v) is 21.7. The second-order valence-electron chi connectivity index (χ2n) is 29.0. The molecule has 9 saturated carbocycles. The van der Waals surface area contributed by atoms with Crippen molar-refractivity contribution in [2.75, 3.05) is 6.61 Å². The minimum absolute atomic E-state index is 0. The third-order valence-electron chi connectivity index (χ3n) is 25.9. The van der Waals surface area contributed by atoms with E-state index in [2.05, 4.69) is 12.6 Å². The number of hydrogen-bond donors (Lipinski definition) is 9. The molecule has 88 heavy (non-hydrogen) atoms. The first-order chi connectivity index (χ1) is 39.0. The van der Waals surface area contributed by atoms with Gasteiger partial charge < -0.3 is 40.9 Å². The number of allylic oxidation sites excluding steroid dienone is 12. The third kappa shape index (κ3) is 8.53. The first-order valence-corrected chi connectivity index (χ1v) is 30.2. The molecule has 6 unspecified atom stereocenters. The van der Waals surface area contributed by atoms with Gasteiger partial charge in [0, 0.05) is 68.8 Å². The Bertz CT molecular complexity index is 3010. The zero-order valence-corrected chi connectivity index (χ0v) is 51.9. The Morgan fingerprint density at radius 1 is 0.500 bits per heavy atom. The number of carbonyl (C=O) groups excluding carboxylic acids is 5. The largest absolute Gasteiger partial charge is 0.479 e. The molecule has 0 spiro atoms. The van der Waals surface area contributed by atoms with E-state index in [9.17, 15) is 69.6 Å². The van der Waals surface area contributed by atoms with Crippen LogP contribution in [0, 0.1) is 85.8 Å². The molecule has 0 aromatic carbocycles. The van der Waals surface area contributed by atoms with E-state index in [1.165, 1.54) is 57.2 Å². The Kier molecular flexibility index (Phi) is 18.3. The summed E-state index contributed by atoms with van der Waals surface area (Å²) >= 11 is 3.90. The molecule has 12 aliphatic rings. The Balaban J connectivity index is 0.000000185. The number of aliphatic carboxylic acids is 1. The van der Waals surface area contributed by atoms with E-state index in [0.29, 0.717) is 6.42 Å². The Labute approximate surface area is 528 Å². The van der Waals surface area contributed by atoms with E-state index in [4.69, 9.17) is 0 Å². The second-order valence-corrected chi connectivity index (χ2v) is 29.4. The summed E-state index contributed by atoms with van der Waals surface area (Å²) in [6.45, 7) is 13.6. The van der Waals surface area contributed by atoms with E-state index in [1.807, 2.05) is 0 Å². The summed E-state index contributed by atoms with van der Waals surface area (Å²) in [5.41, 5.74) is -20.5. The number of fused-ring (bicyclic) bond motifs is 15. The number of carbonyl (C=O) groups is 6. The number of aliphatic hydroxyl groups is 7. The number of thiol groups is 1. The number of Topliss-reactive ketones (excluding diaryl/α,β-unsaturated/α-hetero) is 1. The van der Waals surface area contributed by atoms with Crippen LogP contribution in [-0.2, 0) is 47.3 Å². The molecule has 0 heterocycles. The van der Waals surface area contributed by atoms with Crippen molar-refractivity contribution in [3.8, 4) is 0 Å². The van der Waals surface area contributed by atoms with Crippen molar-refractivity contribution < 1.29 is 115 Å². The quantitative estimate of drug-likeness (QED) is 0.0949. The summed E-state index contributed by atoms with van der Waals surface area (Å²) in [4.78, 5) is 72.2. The predicted octanol–water partition coefficient (Wildman–Crippen LogP) is 8.22. The molecule has 0 aromatic heterocycles. The van der Waals surface area contributed by atoms with Crippen molar-refractivity contribution in [1.82, 2.24) is 0 Å². The SMILES string of the molecule is C.C.C[C@@H]1CC2C3C[C@H](F)C4=CC(=O)C=C[C@]4(C)[C@@]3(F)[C@@H](O)C[C@]2(C)[C@@]1(O)C(=O)CO.C[C@@H]1CC2C3C[C@H](F)C4=CC(=O)C=C[C@]4(C)[C@@]3(F)[C@@H](O)C[C@]2(C)[C@@]1(O)C(=O)O.C[C@@H]1CC2C3C[C@H](F)C4=CC(=O)C=C[C@]4(C)[C@@]3(F)[C@@H](O)C[C@]2(C)[C@@]1(O)C(=O)S.[V]. The van der Waals surface area contributed by atoms with Crippen LogP contribution in [-0.4, -0.2) is 152 Å². The summed E-state index contributed by atoms with van der Waals surface area (Å²) in [5.74, 6) is -9.60. The molecule has 12 rings (SSSR count). The van der Waals surface area contributed by atoms with Gasteiger partial charge in [0.15, 0.2) is 45.7 Å². The number of carboxylic acids is 1. The zero-order chi connectivity index (χ0) is 63.3. The normalized spacial score (nSPS) is 52.8. The average molecular weight is 1300 g/mol. The van der Waals surface area contributed by atoms with Gasteiger partial charge in [0.25, 0.3) is 0 Å². The topological polar surface area (TPSA) is 264 Å². The maximum absolute atomic E-state index is 16.9. The molecule has 0 bridgehead atoms.